The number of ether oxygens (including phenoxy) is 2. The lowest BCUT2D eigenvalue weighted by Gasteiger charge is -2.06. The molecule has 0 aliphatic heterocycles. The summed E-state index contributed by atoms with van der Waals surface area (Å²) in [6, 6.07) is 3.80. The second kappa shape index (κ2) is 3.38. The summed E-state index contributed by atoms with van der Waals surface area (Å²) < 4.78 is 11.5. The summed E-state index contributed by atoms with van der Waals surface area (Å²) >= 11 is 1.59. The van der Waals surface area contributed by atoms with Crippen LogP contribution in [-0.4, -0.2) is 14.2 Å². The number of benzene rings is 1. The van der Waals surface area contributed by atoms with Crippen LogP contribution in [-0.2, 0) is 0 Å². The van der Waals surface area contributed by atoms with E-state index in [0.717, 1.165) is 27.3 Å². The van der Waals surface area contributed by atoms with Crippen molar-refractivity contribution in [1.82, 2.24) is 0 Å². The number of rotatable bonds is 2. The van der Waals surface area contributed by atoms with Gasteiger partial charge >= 0.3 is 0 Å². The van der Waals surface area contributed by atoms with Crippen LogP contribution in [0.5, 0.6) is 11.5 Å². The van der Waals surface area contributed by atoms with E-state index in [2.05, 4.69) is 0 Å². The van der Waals surface area contributed by atoms with Gasteiger partial charge in [-0.15, -0.1) is 11.3 Å². The van der Waals surface area contributed by atoms with Crippen molar-refractivity contribution in [2.75, 3.05) is 20.0 Å². The number of nitrogen functional groups attached to an aromatic ring is 1. The van der Waals surface area contributed by atoms with Crippen molar-refractivity contribution >= 4 is 27.1 Å². The first kappa shape index (κ1) is 9.15. The molecule has 0 aliphatic rings. The normalized spacial score (nSPS) is 10.4. The molecule has 4 heteroatoms. The van der Waals surface area contributed by atoms with Gasteiger partial charge in [-0.3, -0.25) is 0 Å². The first-order valence-electron chi connectivity index (χ1n) is 4.15. The van der Waals surface area contributed by atoms with Gasteiger partial charge in [0, 0.05) is 16.1 Å². The molecule has 0 amide bonds. The predicted octanol–water partition coefficient (Wildman–Crippen LogP) is 2.50. The Labute approximate surface area is 86.1 Å². The molecular weight excluding hydrogens is 198 g/mol. The van der Waals surface area contributed by atoms with E-state index in [1.807, 2.05) is 17.5 Å². The van der Waals surface area contributed by atoms with Gasteiger partial charge in [0.05, 0.1) is 25.3 Å². The van der Waals surface area contributed by atoms with Crippen LogP contribution in [0, 0.1) is 0 Å². The molecule has 0 fully saturated rings. The molecule has 0 bridgehead atoms. The predicted molar refractivity (Wildman–Crippen MR) is 59.3 cm³/mol. The highest BCUT2D eigenvalue weighted by atomic mass is 32.1. The zero-order chi connectivity index (χ0) is 10.1. The van der Waals surface area contributed by atoms with Crippen LogP contribution < -0.4 is 15.2 Å². The van der Waals surface area contributed by atoms with E-state index < -0.39 is 0 Å². The van der Waals surface area contributed by atoms with Crippen LogP contribution in [0.3, 0.4) is 0 Å². The van der Waals surface area contributed by atoms with Gasteiger partial charge in [0.15, 0.2) is 0 Å². The van der Waals surface area contributed by atoms with Crippen LogP contribution in [0.4, 0.5) is 5.69 Å². The van der Waals surface area contributed by atoms with Crippen molar-refractivity contribution in [3.8, 4) is 11.5 Å². The van der Waals surface area contributed by atoms with Crippen LogP contribution in [0.15, 0.2) is 17.5 Å². The number of methoxy groups -OCH3 is 2. The third-order valence-corrected chi connectivity index (χ3v) is 3.04. The fourth-order valence-electron chi connectivity index (χ4n) is 1.41. The second-order valence-corrected chi connectivity index (χ2v) is 3.81. The van der Waals surface area contributed by atoms with Crippen LogP contribution in [0.2, 0.25) is 0 Å². The Morgan fingerprint density at radius 3 is 2.64 bits per heavy atom. The fourth-order valence-corrected chi connectivity index (χ4v) is 2.30. The summed E-state index contributed by atoms with van der Waals surface area (Å²) in [5, 5.41) is 2.88. The Hall–Kier alpha value is -1.42. The van der Waals surface area contributed by atoms with E-state index in [0.29, 0.717) is 0 Å². The van der Waals surface area contributed by atoms with E-state index >= 15 is 0 Å². The average Bonchev–Trinajstić information content (AvgIpc) is 2.59. The minimum atomic E-state index is 0.754. The van der Waals surface area contributed by atoms with Gasteiger partial charge in [-0.2, -0.15) is 0 Å². The van der Waals surface area contributed by atoms with Gasteiger partial charge in [0.25, 0.3) is 0 Å². The molecule has 0 unspecified atom stereocenters. The fraction of sp³-hybridized carbons (Fsp3) is 0.200. The number of anilines is 1. The Kier molecular flexibility index (Phi) is 2.21. The summed E-state index contributed by atoms with van der Waals surface area (Å²) in [6.45, 7) is 0. The van der Waals surface area contributed by atoms with Crippen molar-refractivity contribution < 1.29 is 9.47 Å². The molecule has 0 spiro atoms. The smallest absolute Gasteiger partial charge is 0.133 e. The topological polar surface area (TPSA) is 44.5 Å². The van der Waals surface area contributed by atoms with E-state index in [1.54, 1.807) is 25.6 Å². The summed E-state index contributed by atoms with van der Waals surface area (Å²) in [5.74, 6) is 1.55. The third kappa shape index (κ3) is 1.28. The molecule has 2 aromatic rings. The van der Waals surface area contributed by atoms with Gasteiger partial charge in [-0.25, -0.2) is 0 Å². The lowest BCUT2D eigenvalue weighted by Crippen LogP contribution is -1.89. The summed E-state index contributed by atoms with van der Waals surface area (Å²) in [7, 11) is 3.27. The van der Waals surface area contributed by atoms with Crippen molar-refractivity contribution in [3.63, 3.8) is 0 Å². The molecule has 74 valence electrons. The molecule has 1 heterocycles. The summed E-state index contributed by atoms with van der Waals surface area (Å²) in [6.07, 6.45) is 0. The third-order valence-electron chi connectivity index (χ3n) is 2.10. The van der Waals surface area contributed by atoms with E-state index in [1.165, 1.54) is 0 Å². The maximum Gasteiger partial charge on any atom is 0.133 e. The molecule has 0 saturated heterocycles. The Morgan fingerprint density at radius 2 is 2.00 bits per heavy atom. The highest BCUT2D eigenvalue weighted by molar-refractivity contribution is 7.17. The van der Waals surface area contributed by atoms with E-state index in [-0.39, 0.29) is 0 Å². The van der Waals surface area contributed by atoms with Crippen molar-refractivity contribution in [3.05, 3.63) is 17.5 Å². The summed E-state index contributed by atoms with van der Waals surface area (Å²) in [5.41, 5.74) is 6.59. The molecule has 1 aromatic heterocycles. The van der Waals surface area contributed by atoms with Crippen LogP contribution >= 0.6 is 11.3 Å². The molecule has 3 nitrogen and oxygen atoms in total. The lowest BCUT2D eigenvalue weighted by molar-refractivity contribution is 0.398. The van der Waals surface area contributed by atoms with E-state index in [9.17, 15) is 0 Å². The van der Waals surface area contributed by atoms with Crippen molar-refractivity contribution in [2.45, 2.75) is 0 Å². The molecule has 0 aliphatic carbocycles. The van der Waals surface area contributed by atoms with Crippen LogP contribution in [0.1, 0.15) is 0 Å². The maximum atomic E-state index is 5.83. The summed E-state index contributed by atoms with van der Waals surface area (Å²) in [4.78, 5) is 0. The average molecular weight is 209 g/mol. The Bertz CT molecular complexity index is 464. The molecule has 2 rings (SSSR count). The highest BCUT2D eigenvalue weighted by Crippen LogP contribution is 2.38. The molecule has 0 atom stereocenters. The van der Waals surface area contributed by atoms with E-state index in [4.69, 9.17) is 15.2 Å². The second-order valence-electron chi connectivity index (χ2n) is 2.89. The maximum absolute atomic E-state index is 5.83. The zero-order valence-corrected chi connectivity index (χ0v) is 8.85. The Morgan fingerprint density at radius 1 is 1.21 bits per heavy atom. The van der Waals surface area contributed by atoms with Gasteiger partial charge in [0.1, 0.15) is 11.5 Å². The first-order valence-corrected chi connectivity index (χ1v) is 5.03. The van der Waals surface area contributed by atoms with Gasteiger partial charge in [-0.05, 0) is 6.07 Å². The van der Waals surface area contributed by atoms with Crippen molar-refractivity contribution in [1.29, 1.82) is 0 Å². The molecule has 0 saturated carbocycles. The minimum absolute atomic E-state index is 0.754. The molecule has 2 N–H and O–H groups in total. The number of fused-ring (bicyclic) bond motifs is 1. The van der Waals surface area contributed by atoms with Gasteiger partial charge < -0.3 is 15.2 Å². The number of nitrogens with two attached hydrogens (primary N) is 1. The van der Waals surface area contributed by atoms with Crippen LogP contribution in [0.25, 0.3) is 10.1 Å². The van der Waals surface area contributed by atoms with Gasteiger partial charge in [-0.1, -0.05) is 0 Å². The monoisotopic (exact) mass is 209 g/mol. The Balaban J connectivity index is 2.76. The SMILES string of the molecule is COc1cc(OC)c2c(N)csc2c1. The lowest BCUT2D eigenvalue weighted by atomic mass is 10.2. The highest BCUT2D eigenvalue weighted by Gasteiger charge is 2.09. The number of hydrogen-bond donors (Lipinski definition) is 1. The standard InChI is InChI=1S/C10H11NO2S/c1-12-6-3-8(13-2)10-7(11)5-14-9(10)4-6/h3-5H,11H2,1-2H3. The largest absolute Gasteiger partial charge is 0.497 e. The quantitative estimate of drug-likeness (QED) is 0.826. The zero-order valence-electron chi connectivity index (χ0n) is 8.03. The molecule has 14 heavy (non-hydrogen) atoms. The minimum Gasteiger partial charge on any atom is -0.497 e. The molecular formula is C10H11NO2S. The number of hydrogen-bond acceptors (Lipinski definition) is 4. The molecule has 1 aromatic carbocycles. The first-order chi connectivity index (χ1) is 6.76. The molecule has 0 radical (unpaired) electrons. The van der Waals surface area contributed by atoms with Gasteiger partial charge in [0.2, 0.25) is 0 Å². The number of thiophene rings is 1. The van der Waals surface area contributed by atoms with Crippen molar-refractivity contribution in [2.24, 2.45) is 0 Å².